The van der Waals surface area contributed by atoms with Gasteiger partial charge in [0.1, 0.15) is 12.1 Å². The zero-order chi connectivity index (χ0) is 12.6. The molecule has 18 heavy (non-hydrogen) atoms. The SMILES string of the molecule is OCCOCCCNc1ncnc2c1CCCC2. The summed E-state index contributed by atoms with van der Waals surface area (Å²) in [5.74, 6) is 0.988. The summed E-state index contributed by atoms with van der Waals surface area (Å²) in [6, 6.07) is 0. The molecule has 0 radical (unpaired) electrons. The van der Waals surface area contributed by atoms with E-state index < -0.39 is 0 Å². The topological polar surface area (TPSA) is 67.3 Å². The number of ether oxygens (including phenoxy) is 1. The van der Waals surface area contributed by atoms with Crippen LogP contribution in [0.3, 0.4) is 0 Å². The molecule has 0 unspecified atom stereocenters. The van der Waals surface area contributed by atoms with E-state index in [0.29, 0.717) is 13.2 Å². The summed E-state index contributed by atoms with van der Waals surface area (Å²) in [7, 11) is 0. The van der Waals surface area contributed by atoms with Crippen LogP contribution in [0.4, 0.5) is 5.82 Å². The van der Waals surface area contributed by atoms with Gasteiger partial charge in [0.2, 0.25) is 0 Å². The fourth-order valence-electron chi connectivity index (χ4n) is 2.22. The summed E-state index contributed by atoms with van der Waals surface area (Å²) in [5, 5.41) is 11.9. The van der Waals surface area contributed by atoms with Gasteiger partial charge in [-0.25, -0.2) is 9.97 Å². The molecule has 0 aliphatic heterocycles. The summed E-state index contributed by atoms with van der Waals surface area (Å²) in [6.07, 6.45) is 7.19. The van der Waals surface area contributed by atoms with Crippen molar-refractivity contribution in [1.82, 2.24) is 9.97 Å². The van der Waals surface area contributed by atoms with Crippen LogP contribution in [0.15, 0.2) is 6.33 Å². The third kappa shape index (κ3) is 3.65. The number of anilines is 1. The summed E-state index contributed by atoms with van der Waals surface area (Å²) in [5.41, 5.74) is 2.50. The van der Waals surface area contributed by atoms with E-state index >= 15 is 0 Å². The van der Waals surface area contributed by atoms with Crippen LogP contribution in [0.1, 0.15) is 30.5 Å². The van der Waals surface area contributed by atoms with Gasteiger partial charge >= 0.3 is 0 Å². The Balaban J connectivity index is 1.79. The number of aliphatic hydroxyl groups excluding tert-OH is 1. The first kappa shape index (κ1) is 13.2. The molecular weight excluding hydrogens is 230 g/mol. The molecule has 0 aromatic carbocycles. The van der Waals surface area contributed by atoms with Crippen molar-refractivity contribution in [2.45, 2.75) is 32.1 Å². The molecule has 2 rings (SSSR count). The van der Waals surface area contributed by atoms with Crippen molar-refractivity contribution in [3.63, 3.8) is 0 Å². The van der Waals surface area contributed by atoms with Crippen molar-refractivity contribution in [3.05, 3.63) is 17.6 Å². The third-order valence-electron chi connectivity index (χ3n) is 3.12. The van der Waals surface area contributed by atoms with E-state index in [1.54, 1.807) is 6.33 Å². The van der Waals surface area contributed by atoms with Crippen molar-refractivity contribution in [3.8, 4) is 0 Å². The molecule has 2 N–H and O–H groups in total. The summed E-state index contributed by atoms with van der Waals surface area (Å²) >= 11 is 0. The zero-order valence-electron chi connectivity index (χ0n) is 10.7. The number of hydrogen-bond donors (Lipinski definition) is 2. The van der Waals surface area contributed by atoms with E-state index in [-0.39, 0.29) is 6.61 Å². The number of fused-ring (bicyclic) bond motifs is 1. The minimum atomic E-state index is 0.0901. The van der Waals surface area contributed by atoms with Gasteiger partial charge in [0, 0.05) is 24.4 Å². The minimum absolute atomic E-state index is 0.0901. The molecule has 5 nitrogen and oxygen atoms in total. The number of aliphatic hydroxyl groups is 1. The zero-order valence-corrected chi connectivity index (χ0v) is 10.7. The van der Waals surface area contributed by atoms with E-state index in [2.05, 4.69) is 15.3 Å². The monoisotopic (exact) mass is 251 g/mol. The van der Waals surface area contributed by atoms with Crippen LogP contribution in [0.25, 0.3) is 0 Å². The van der Waals surface area contributed by atoms with E-state index in [4.69, 9.17) is 9.84 Å². The van der Waals surface area contributed by atoms with Crippen molar-refractivity contribution in [2.24, 2.45) is 0 Å². The maximum atomic E-state index is 8.58. The van der Waals surface area contributed by atoms with Gasteiger partial charge < -0.3 is 15.2 Å². The number of nitrogens with one attached hydrogen (secondary N) is 1. The predicted molar refractivity (Wildman–Crippen MR) is 69.7 cm³/mol. The lowest BCUT2D eigenvalue weighted by molar-refractivity contribution is 0.0922. The number of rotatable bonds is 7. The molecule has 0 bridgehead atoms. The Morgan fingerprint density at radius 2 is 2.11 bits per heavy atom. The highest BCUT2D eigenvalue weighted by molar-refractivity contribution is 5.46. The minimum Gasteiger partial charge on any atom is -0.394 e. The smallest absolute Gasteiger partial charge is 0.132 e. The van der Waals surface area contributed by atoms with Crippen LogP contribution in [0.2, 0.25) is 0 Å². The van der Waals surface area contributed by atoms with Crippen LogP contribution >= 0.6 is 0 Å². The normalized spacial score (nSPS) is 14.3. The lowest BCUT2D eigenvalue weighted by Gasteiger charge is -2.17. The molecule has 0 atom stereocenters. The molecule has 1 aliphatic carbocycles. The van der Waals surface area contributed by atoms with Crippen LogP contribution in [-0.2, 0) is 17.6 Å². The van der Waals surface area contributed by atoms with E-state index in [1.165, 1.54) is 24.1 Å². The first-order valence-corrected chi connectivity index (χ1v) is 6.67. The number of hydrogen-bond acceptors (Lipinski definition) is 5. The second kappa shape index (κ2) is 7.28. The molecule has 1 aromatic heterocycles. The van der Waals surface area contributed by atoms with Gasteiger partial charge in [-0.15, -0.1) is 0 Å². The Morgan fingerprint density at radius 1 is 1.22 bits per heavy atom. The Morgan fingerprint density at radius 3 is 3.00 bits per heavy atom. The summed E-state index contributed by atoms with van der Waals surface area (Å²) < 4.78 is 5.21. The standard InChI is InChI=1S/C13H21N3O2/c17-7-9-18-8-3-6-14-13-11-4-1-2-5-12(11)15-10-16-13/h10,17H,1-9H2,(H,14,15,16). The Labute approximate surface area is 108 Å². The fraction of sp³-hybridized carbons (Fsp3) is 0.692. The maximum Gasteiger partial charge on any atom is 0.132 e. The van der Waals surface area contributed by atoms with Crippen LogP contribution in [0.5, 0.6) is 0 Å². The molecule has 5 heteroatoms. The number of nitrogens with zero attached hydrogens (tertiary/aromatic N) is 2. The Bertz CT molecular complexity index is 371. The molecule has 1 heterocycles. The molecule has 1 aromatic rings. The quantitative estimate of drug-likeness (QED) is 0.712. The lowest BCUT2D eigenvalue weighted by atomic mass is 9.96. The Kier molecular flexibility index (Phi) is 5.36. The van der Waals surface area contributed by atoms with Gasteiger partial charge in [0.15, 0.2) is 0 Å². The molecule has 0 spiro atoms. The third-order valence-corrected chi connectivity index (χ3v) is 3.12. The summed E-state index contributed by atoms with van der Waals surface area (Å²) in [4.78, 5) is 8.67. The van der Waals surface area contributed by atoms with Gasteiger partial charge in [-0.1, -0.05) is 0 Å². The van der Waals surface area contributed by atoms with E-state index in [9.17, 15) is 0 Å². The average Bonchev–Trinajstić information content (AvgIpc) is 2.43. The van der Waals surface area contributed by atoms with Gasteiger partial charge in [-0.2, -0.15) is 0 Å². The highest BCUT2D eigenvalue weighted by Gasteiger charge is 2.14. The summed E-state index contributed by atoms with van der Waals surface area (Å²) in [6.45, 7) is 2.02. The van der Waals surface area contributed by atoms with Crippen molar-refractivity contribution in [1.29, 1.82) is 0 Å². The lowest BCUT2D eigenvalue weighted by Crippen LogP contribution is -2.14. The van der Waals surface area contributed by atoms with Gasteiger partial charge in [0.25, 0.3) is 0 Å². The van der Waals surface area contributed by atoms with Crippen LogP contribution < -0.4 is 5.32 Å². The highest BCUT2D eigenvalue weighted by atomic mass is 16.5. The van der Waals surface area contributed by atoms with Gasteiger partial charge in [-0.3, -0.25) is 0 Å². The molecule has 1 aliphatic rings. The first-order valence-electron chi connectivity index (χ1n) is 6.67. The highest BCUT2D eigenvalue weighted by Crippen LogP contribution is 2.24. The average molecular weight is 251 g/mol. The molecule has 0 amide bonds. The van der Waals surface area contributed by atoms with E-state index in [0.717, 1.165) is 31.6 Å². The molecule has 0 saturated heterocycles. The van der Waals surface area contributed by atoms with Gasteiger partial charge in [-0.05, 0) is 32.1 Å². The second-order valence-electron chi connectivity index (χ2n) is 4.47. The van der Waals surface area contributed by atoms with Crippen LogP contribution in [-0.4, -0.2) is 41.4 Å². The van der Waals surface area contributed by atoms with E-state index in [1.807, 2.05) is 0 Å². The predicted octanol–water partition coefficient (Wildman–Crippen LogP) is 1.17. The van der Waals surface area contributed by atoms with Crippen molar-refractivity contribution < 1.29 is 9.84 Å². The Hall–Kier alpha value is -1.20. The number of aryl methyl sites for hydroxylation is 1. The van der Waals surface area contributed by atoms with Crippen molar-refractivity contribution in [2.75, 3.05) is 31.7 Å². The number of aromatic nitrogens is 2. The largest absolute Gasteiger partial charge is 0.394 e. The second-order valence-corrected chi connectivity index (χ2v) is 4.47. The van der Waals surface area contributed by atoms with Gasteiger partial charge in [0.05, 0.1) is 13.2 Å². The maximum absolute atomic E-state index is 8.58. The molecule has 0 fully saturated rings. The molecular formula is C13H21N3O2. The molecule has 100 valence electrons. The van der Waals surface area contributed by atoms with Crippen LogP contribution in [0, 0.1) is 0 Å². The molecule has 0 saturated carbocycles. The fourth-order valence-corrected chi connectivity index (χ4v) is 2.22. The first-order chi connectivity index (χ1) is 8.92. The van der Waals surface area contributed by atoms with Crippen molar-refractivity contribution >= 4 is 5.82 Å².